The van der Waals surface area contributed by atoms with E-state index in [1.165, 1.54) is 7.11 Å². The van der Waals surface area contributed by atoms with Gasteiger partial charge in [0.05, 0.1) is 7.11 Å². The van der Waals surface area contributed by atoms with E-state index in [1.54, 1.807) is 6.08 Å². The van der Waals surface area contributed by atoms with Crippen LogP contribution >= 0.6 is 0 Å². The second-order valence-corrected chi connectivity index (χ2v) is 3.36. The van der Waals surface area contributed by atoms with Crippen molar-refractivity contribution in [2.24, 2.45) is 0 Å². The molecule has 1 heterocycles. The van der Waals surface area contributed by atoms with Crippen molar-refractivity contribution >= 4 is 5.97 Å². The Balaban J connectivity index is 2.42. The molecule has 0 fully saturated rings. The van der Waals surface area contributed by atoms with Crippen molar-refractivity contribution in [3.8, 4) is 5.75 Å². The van der Waals surface area contributed by atoms with Gasteiger partial charge in [-0.3, -0.25) is 4.79 Å². The van der Waals surface area contributed by atoms with E-state index in [0.717, 1.165) is 11.3 Å². The molecule has 0 saturated heterocycles. The molecular formula is C12H12O3. The van der Waals surface area contributed by atoms with E-state index in [2.05, 4.69) is 6.58 Å². The van der Waals surface area contributed by atoms with Crippen LogP contribution in [-0.4, -0.2) is 19.2 Å². The lowest BCUT2D eigenvalue weighted by atomic mass is 9.96. The zero-order chi connectivity index (χ0) is 10.8. The van der Waals surface area contributed by atoms with Gasteiger partial charge < -0.3 is 9.47 Å². The molecule has 0 aliphatic carbocycles. The van der Waals surface area contributed by atoms with E-state index in [1.807, 2.05) is 24.3 Å². The minimum Gasteiger partial charge on any atom is -0.485 e. The largest absolute Gasteiger partial charge is 0.485 e. The van der Waals surface area contributed by atoms with Crippen molar-refractivity contribution in [3.05, 3.63) is 42.5 Å². The molecule has 0 unspecified atom stereocenters. The van der Waals surface area contributed by atoms with E-state index >= 15 is 0 Å². The summed E-state index contributed by atoms with van der Waals surface area (Å²) in [6.45, 7) is 3.66. The summed E-state index contributed by atoms with van der Waals surface area (Å²) in [6, 6.07) is 7.47. The molecule has 0 bridgehead atoms. The Morgan fingerprint density at radius 1 is 1.53 bits per heavy atom. The maximum absolute atomic E-state index is 11.6. The molecule has 1 aliphatic heterocycles. The molecule has 0 spiro atoms. The summed E-state index contributed by atoms with van der Waals surface area (Å²) in [5, 5.41) is 0. The summed E-state index contributed by atoms with van der Waals surface area (Å²) in [4.78, 5) is 11.6. The number of hydrogen-bond donors (Lipinski definition) is 0. The van der Waals surface area contributed by atoms with Crippen LogP contribution in [0.25, 0.3) is 0 Å². The fourth-order valence-electron chi connectivity index (χ4n) is 1.81. The van der Waals surface area contributed by atoms with Gasteiger partial charge in [-0.05, 0) is 6.07 Å². The molecule has 1 aromatic carbocycles. The molecule has 0 radical (unpaired) electrons. The van der Waals surface area contributed by atoms with Gasteiger partial charge in [0, 0.05) is 5.56 Å². The smallest absolute Gasteiger partial charge is 0.317 e. The van der Waals surface area contributed by atoms with Crippen molar-refractivity contribution in [1.82, 2.24) is 0 Å². The van der Waals surface area contributed by atoms with E-state index in [0.29, 0.717) is 0 Å². The molecule has 2 rings (SSSR count). The number of carbonyl (C=O) groups is 1. The van der Waals surface area contributed by atoms with Gasteiger partial charge in [-0.15, -0.1) is 0 Å². The zero-order valence-corrected chi connectivity index (χ0v) is 8.47. The van der Waals surface area contributed by atoms with Crippen molar-refractivity contribution in [2.75, 3.05) is 7.11 Å². The number of methoxy groups -OCH3 is 1. The van der Waals surface area contributed by atoms with Gasteiger partial charge in [-0.25, -0.2) is 0 Å². The minimum absolute atomic E-state index is 0.287. The van der Waals surface area contributed by atoms with Crippen LogP contribution < -0.4 is 4.74 Å². The topological polar surface area (TPSA) is 35.5 Å². The monoisotopic (exact) mass is 204 g/mol. The van der Waals surface area contributed by atoms with Crippen LogP contribution in [0, 0.1) is 0 Å². The van der Waals surface area contributed by atoms with Crippen LogP contribution in [0.2, 0.25) is 0 Å². The molecule has 78 valence electrons. The molecule has 0 N–H and O–H groups in total. The number of fused-ring (bicyclic) bond motifs is 1. The normalized spacial score (nSPS) is 22.7. The quantitative estimate of drug-likeness (QED) is 0.545. The third kappa shape index (κ3) is 1.50. The summed E-state index contributed by atoms with van der Waals surface area (Å²) in [5.41, 5.74) is 0.870. The van der Waals surface area contributed by atoms with Crippen molar-refractivity contribution < 1.29 is 14.3 Å². The predicted octanol–water partition coefficient (Wildman–Crippen LogP) is 1.89. The third-order valence-corrected chi connectivity index (χ3v) is 2.53. The van der Waals surface area contributed by atoms with Crippen molar-refractivity contribution in [2.45, 2.75) is 12.0 Å². The van der Waals surface area contributed by atoms with E-state index in [-0.39, 0.29) is 18.0 Å². The van der Waals surface area contributed by atoms with Gasteiger partial charge in [0.15, 0.2) is 0 Å². The lowest BCUT2D eigenvalue weighted by molar-refractivity contribution is -0.143. The van der Waals surface area contributed by atoms with Crippen LogP contribution in [0.4, 0.5) is 0 Å². The van der Waals surface area contributed by atoms with Gasteiger partial charge >= 0.3 is 5.97 Å². The maximum Gasteiger partial charge on any atom is 0.317 e. The molecule has 15 heavy (non-hydrogen) atoms. The van der Waals surface area contributed by atoms with Crippen LogP contribution in [0.15, 0.2) is 36.9 Å². The first-order valence-corrected chi connectivity index (χ1v) is 4.74. The van der Waals surface area contributed by atoms with Gasteiger partial charge in [0.1, 0.15) is 17.8 Å². The Labute approximate surface area is 88.3 Å². The lowest BCUT2D eigenvalue weighted by Gasteiger charge is -2.12. The van der Waals surface area contributed by atoms with Gasteiger partial charge in [0.2, 0.25) is 0 Å². The number of para-hydroxylation sites is 1. The van der Waals surface area contributed by atoms with Crippen molar-refractivity contribution in [1.29, 1.82) is 0 Å². The van der Waals surface area contributed by atoms with Crippen LogP contribution in [0.5, 0.6) is 5.75 Å². The average Bonchev–Trinajstić information content (AvgIpc) is 2.66. The summed E-state index contributed by atoms with van der Waals surface area (Å²) < 4.78 is 10.3. The highest BCUT2D eigenvalue weighted by molar-refractivity contribution is 5.81. The third-order valence-electron chi connectivity index (χ3n) is 2.53. The molecule has 3 heteroatoms. The Hall–Kier alpha value is -1.77. The van der Waals surface area contributed by atoms with Gasteiger partial charge in [-0.2, -0.15) is 0 Å². The first-order chi connectivity index (χ1) is 7.27. The van der Waals surface area contributed by atoms with Crippen molar-refractivity contribution in [3.63, 3.8) is 0 Å². The predicted molar refractivity (Wildman–Crippen MR) is 55.8 cm³/mol. The Kier molecular flexibility index (Phi) is 2.46. The highest BCUT2D eigenvalue weighted by Crippen LogP contribution is 2.38. The maximum atomic E-state index is 11.6. The summed E-state index contributed by atoms with van der Waals surface area (Å²) in [6.07, 6.45) is 1.30. The summed E-state index contributed by atoms with van der Waals surface area (Å²) in [5.74, 6) is 0.0614. The second kappa shape index (κ2) is 3.77. The number of esters is 1. The Bertz CT molecular complexity index is 398. The number of hydrogen-bond acceptors (Lipinski definition) is 3. The summed E-state index contributed by atoms with van der Waals surface area (Å²) >= 11 is 0. The average molecular weight is 204 g/mol. The SMILES string of the molecule is C=C[C@@H]1Oc2ccccc2[C@H]1C(=O)OC. The van der Waals surface area contributed by atoms with Crippen LogP contribution in [0.1, 0.15) is 11.5 Å². The highest BCUT2D eigenvalue weighted by atomic mass is 16.5. The number of rotatable bonds is 2. The van der Waals surface area contributed by atoms with E-state index in [9.17, 15) is 4.79 Å². The number of benzene rings is 1. The molecule has 2 atom stereocenters. The molecule has 0 amide bonds. The van der Waals surface area contributed by atoms with E-state index in [4.69, 9.17) is 9.47 Å². The lowest BCUT2D eigenvalue weighted by Crippen LogP contribution is -2.24. The number of carbonyl (C=O) groups excluding carboxylic acids is 1. The Morgan fingerprint density at radius 3 is 2.93 bits per heavy atom. The second-order valence-electron chi connectivity index (χ2n) is 3.36. The molecule has 0 saturated carbocycles. The Morgan fingerprint density at radius 2 is 2.27 bits per heavy atom. The molecule has 1 aliphatic rings. The zero-order valence-electron chi connectivity index (χ0n) is 8.47. The molecular weight excluding hydrogens is 192 g/mol. The standard InChI is InChI=1S/C12H12O3/c1-3-9-11(12(13)14-2)8-6-4-5-7-10(8)15-9/h3-7,9,11H,1H2,2H3/t9-,11+/m0/s1. The fraction of sp³-hybridized carbons (Fsp3) is 0.250. The van der Waals surface area contributed by atoms with Crippen LogP contribution in [-0.2, 0) is 9.53 Å². The molecule has 0 aromatic heterocycles. The fourth-order valence-corrected chi connectivity index (χ4v) is 1.81. The first-order valence-electron chi connectivity index (χ1n) is 4.74. The van der Waals surface area contributed by atoms with Crippen LogP contribution in [0.3, 0.4) is 0 Å². The minimum atomic E-state index is -0.385. The summed E-state index contributed by atoms with van der Waals surface area (Å²) in [7, 11) is 1.38. The van der Waals surface area contributed by atoms with Gasteiger partial charge in [0.25, 0.3) is 0 Å². The molecule has 1 aromatic rings. The van der Waals surface area contributed by atoms with Gasteiger partial charge in [-0.1, -0.05) is 30.9 Å². The number of ether oxygens (including phenoxy) is 2. The molecule has 3 nitrogen and oxygen atoms in total. The first kappa shape index (κ1) is 9.77. The van der Waals surface area contributed by atoms with E-state index < -0.39 is 0 Å². The highest BCUT2D eigenvalue weighted by Gasteiger charge is 2.38.